The second-order valence-corrected chi connectivity index (χ2v) is 4.85. The third-order valence-corrected chi connectivity index (χ3v) is 3.22. The molecule has 0 aliphatic heterocycles. The van der Waals surface area contributed by atoms with Crippen LogP contribution in [-0.2, 0) is 13.0 Å². The van der Waals surface area contributed by atoms with Gasteiger partial charge in [-0.25, -0.2) is 0 Å². The summed E-state index contributed by atoms with van der Waals surface area (Å²) in [5, 5.41) is 4.20. The van der Waals surface area contributed by atoms with Crippen molar-refractivity contribution in [2.24, 2.45) is 0 Å². The van der Waals surface area contributed by atoms with Crippen LogP contribution in [0, 0.1) is 0 Å². The van der Waals surface area contributed by atoms with Gasteiger partial charge < -0.3 is 5.32 Å². The summed E-state index contributed by atoms with van der Waals surface area (Å²) in [6, 6.07) is 12.8. The Morgan fingerprint density at radius 2 is 2.00 bits per heavy atom. The number of halogens is 1. The van der Waals surface area contributed by atoms with Crippen LogP contribution in [0.3, 0.4) is 0 Å². The lowest BCUT2D eigenvalue weighted by Crippen LogP contribution is -2.27. The van der Waals surface area contributed by atoms with Gasteiger partial charge in [0, 0.05) is 25.0 Å². The Morgan fingerprint density at radius 1 is 1.22 bits per heavy atom. The zero-order valence-corrected chi connectivity index (χ0v) is 11.2. The highest BCUT2D eigenvalue weighted by atomic mass is 35.5. The lowest BCUT2D eigenvalue weighted by molar-refractivity contribution is 0.545. The summed E-state index contributed by atoms with van der Waals surface area (Å²) in [5.74, 6) is 0. The van der Waals surface area contributed by atoms with Crippen molar-refractivity contribution in [1.82, 2.24) is 10.3 Å². The Bertz CT molecular complexity index is 485. The molecule has 0 aliphatic carbocycles. The molecule has 0 spiro atoms. The highest BCUT2D eigenvalue weighted by molar-refractivity contribution is 6.31. The second kappa shape index (κ2) is 6.53. The van der Waals surface area contributed by atoms with E-state index in [1.54, 1.807) is 12.4 Å². The van der Waals surface area contributed by atoms with Crippen molar-refractivity contribution in [2.45, 2.75) is 25.9 Å². The summed E-state index contributed by atoms with van der Waals surface area (Å²) >= 11 is 6.07. The molecule has 1 atom stereocenters. The first-order valence-corrected chi connectivity index (χ1v) is 6.49. The molecular weight excluding hydrogens is 244 g/mol. The molecule has 1 N–H and O–H groups in total. The summed E-state index contributed by atoms with van der Waals surface area (Å²) in [6.07, 6.45) is 4.47. The minimum absolute atomic E-state index is 0.414. The van der Waals surface area contributed by atoms with E-state index in [1.165, 1.54) is 5.56 Å². The van der Waals surface area contributed by atoms with Crippen molar-refractivity contribution in [3.05, 3.63) is 64.9 Å². The standard InChI is InChI=1S/C15H17ClN2/c1-12(9-13-5-3-2-4-6-13)18-10-14-7-8-17-11-15(14)16/h2-8,11-12,18H,9-10H2,1H3. The molecule has 1 aromatic heterocycles. The number of nitrogens with one attached hydrogen (secondary N) is 1. The zero-order valence-electron chi connectivity index (χ0n) is 10.4. The van der Waals surface area contributed by atoms with E-state index in [-0.39, 0.29) is 0 Å². The fourth-order valence-corrected chi connectivity index (χ4v) is 2.06. The first-order chi connectivity index (χ1) is 8.75. The van der Waals surface area contributed by atoms with E-state index in [1.807, 2.05) is 12.1 Å². The molecule has 18 heavy (non-hydrogen) atoms. The molecule has 2 nitrogen and oxygen atoms in total. The van der Waals surface area contributed by atoms with E-state index >= 15 is 0 Å². The molecule has 3 heteroatoms. The Balaban J connectivity index is 1.86. The number of hydrogen-bond donors (Lipinski definition) is 1. The van der Waals surface area contributed by atoms with Crippen LogP contribution in [0.2, 0.25) is 5.02 Å². The molecule has 2 aromatic rings. The topological polar surface area (TPSA) is 24.9 Å². The SMILES string of the molecule is CC(Cc1ccccc1)NCc1ccncc1Cl. The lowest BCUT2D eigenvalue weighted by Gasteiger charge is -2.14. The van der Waals surface area contributed by atoms with Crippen molar-refractivity contribution >= 4 is 11.6 Å². The number of hydrogen-bond acceptors (Lipinski definition) is 2. The van der Waals surface area contributed by atoms with Gasteiger partial charge >= 0.3 is 0 Å². The Morgan fingerprint density at radius 3 is 2.72 bits per heavy atom. The predicted octanol–water partition coefficient (Wildman–Crippen LogP) is 3.46. The minimum Gasteiger partial charge on any atom is -0.310 e. The van der Waals surface area contributed by atoms with Gasteiger partial charge in [-0.2, -0.15) is 0 Å². The third kappa shape index (κ3) is 3.83. The molecule has 1 aromatic carbocycles. The van der Waals surface area contributed by atoms with Gasteiger partial charge in [0.05, 0.1) is 5.02 Å². The summed E-state index contributed by atoms with van der Waals surface area (Å²) in [6.45, 7) is 2.96. The van der Waals surface area contributed by atoms with Gasteiger partial charge in [-0.1, -0.05) is 41.9 Å². The van der Waals surface area contributed by atoms with Crippen molar-refractivity contribution in [3.8, 4) is 0 Å². The maximum Gasteiger partial charge on any atom is 0.0634 e. The Hall–Kier alpha value is -1.38. The van der Waals surface area contributed by atoms with Crippen molar-refractivity contribution in [3.63, 3.8) is 0 Å². The van der Waals surface area contributed by atoms with Crippen LogP contribution in [-0.4, -0.2) is 11.0 Å². The van der Waals surface area contributed by atoms with Crippen LogP contribution >= 0.6 is 11.6 Å². The van der Waals surface area contributed by atoms with Gasteiger partial charge in [-0.3, -0.25) is 4.98 Å². The van der Waals surface area contributed by atoms with Crippen molar-refractivity contribution in [1.29, 1.82) is 0 Å². The van der Waals surface area contributed by atoms with E-state index in [0.717, 1.165) is 23.6 Å². The predicted molar refractivity (Wildman–Crippen MR) is 75.7 cm³/mol. The number of rotatable bonds is 5. The lowest BCUT2D eigenvalue weighted by atomic mass is 10.1. The molecule has 0 saturated carbocycles. The van der Waals surface area contributed by atoms with Gasteiger partial charge in [-0.05, 0) is 30.5 Å². The van der Waals surface area contributed by atoms with Crippen LogP contribution in [0.4, 0.5) is 0 Å². The Kier molecular flexibility index (Phi) is 4.73. The van der Waals surface area contributed by atoms with Gasteiger partial charge in [0.15, 0.2) is 0 Å². The van der Waals surface area contributed by atoms with Crippen molar-refractivity contribution < 1.29 is 0 Å². The van der Waals surface area contributed by atoms with E-state index in [2.05, 4.69) is 41.5 Å². The average molecular weight is 261 g/mol. The maximum absolute atomic E-state index is 6.07. The first-order valence-electron chi connectivity index (χ1n) is 6.11. The van der Waals surface area contributed by atoms with Gasteiger partial charge in [0.25, 0.3) is 0 Å². The Labute approximate surface area is 113 Å². The first kappa shape index (κ1) is 13.1. The van der Waals surface area contributed by atoms with Gasteiger partial charge in [-0.15, -0.1) is 0 Å². The van der Waals surface area contributed by atoms with Crippen LogP contribution in [0.1, 0.15) is 18.1 Å². The average Bonchev–Trinajstić information content (AvgIpc) is 2.39. The van der Waals surface area contributed by atoms with Crippen molar-refractivity contribution in [2.75, 3.05) is 0 Å². The fraction of sp³-hybridized carbons (Fsp3) is 0.267. The molecule has 1 unspecified atom stereocenters. The number of pyridine rings is 1. The molecule has 0 fully saturated rings. The molecule has 0 bridgehead atoms. The summed E-state index contributed by atoms with van der Waals surface area (Å²) in [7, 11) is 0. The summed E-state index contributed by atoms with van der Waals surface area (Å²) in [5.41, 5.74) is 2.44. The molecule has 0 aliphatic rings. The molecule has 0 radical (unpaired) electrons. The fourth-order valence-electron chi connectivity index (χ4n) is 1.87. The van der Waals surface area contributed by atoms with Crippen LogP contribution < -0.4 is 5.32 Å². The quantitative estimate of drug-likeness (QED) is 0.891. The second-order valence-electron chi connectivity index (χ2n) is 4.44. The number of aromatic nitrogens is 1. The van der Waals surface area contributed by atoms with E-state index in [9.17, 15) is 0 Å². The normalized spacial score (nSPS) is 12.3. The van der Waals surface area contributed by atoms with Crippen LogP contribution in [0.25, 0.3) is 0 Å². The monoisotopic (exact) mass is 260 g/mol. The van der Waals surface area contributed by atoms with E-state index < -0.39 is 0 Å². The molecule has 1 heterocycles. The van der Waals surface area contributed by atoms with E-state index in [0.29, 0.717) is 6.04 Å². The molecule has 94 valence electrons. The van der Waals surface area contributed by atoms with Crippen LogP contribution in [0.15, 0.2) is 48.8 Å². The zero-order chi connectivity index (χ0) is 12.8. The number of benzene rings is 1. The molecular formula is C15H17ClN2. The smallest absolute Gasteiger partial charge is 0.0634 e. The van der Waals surface area contributed by atoms with Crippen LogP contribution in [0.5, 0.6) is 0 Å². The number of nitrogens with zero attached hydrogens (tertiary/aromatic N) is 1. The molecule has 0 amide bonds. The van der Waals surface area contributed by atoms with Gasteiger partial charge in [0.1, 0.15) is 0 Å². The molecule has 2 rings (SSSR count). The largest absolute Gasteiger partial charge is 0.310 e. The summed E-state index contributed by atoms with van der Waals surface area (Å²) in [4.78, 5) is 3.98. The minimum atomic E-state index is 0.414. The summed E-state index contributed by atoms with van der Waals surface area (Å²) < 4.78 is 0. The van der Waals surface area contributed by atoms with E-state index in [4.69, 9.17) is 11.6 Å². The molecule has 0 saturated heterocycles. The third-order valence-electron chi connectivity index (χ3n) is 2.88. The highest BCUT2D eigenvalue weighted by Gasteiger charge is 2.04. The highest BCUT2D eigenvalue weighted by Crippen LogP contribution is 2.13. The maximum atomic E-state index is 6.07. The van der Waals surface area contributed by atoms with Gasteiger partial charge in [0.2, 0.25) is 0 Å².